The highest BCUT2D eigenvalue weighted by atomic mass is 16.1. The molecule has 0 bridgehead atoms. The van der Waals surface area contributed by atoms with Crippen molar-refractivity contribution in [1.82, 2.24) is 0 Å². The average molecular weight is 199 g/mol. The lowest BCUT2D eigenvalue weighted by molar-refractivity contribution is 1.15. The minimum atomic E-state index is -0.0113. The zero-order chi connectivity index (χ0) is 10.8. The van der Waals surface area contributed by atoms with Crippen LogP contribution in [0.4, 0.5) is 5.69 Å². The third-order valence-electron chi connectivity index (χ3n) is 2.57. The van der Waals surface area contributed by atoms with Crippen molar-refractivity contribution in [2.45, 2.75) is 13.3 Å². The fourth-order valence-corrected chi connectivity index (χ4v) is 1.73. The molecular weight excluding hydrogens is 186 g/mol. The van der Waals surface area contributed by atoms with Crippen LogP contribution in [0.25, 0.3) is 10.8 Å². The van der Waals surface area contributed by atoms with Crippen molar-refractivity contribution in [2.24, 2.45) is 0 Å². The third-order valence-corrected chi connectivity index (χ3v) is 2.57. The number of benzene rings is 1. The molecular formula is C13H13NO. The standard InChI is InChI=1S/C13H13NO/c1-2-9-6-7-12(15)13-10(8-9)4-3-5-11(13)14/h3-8H,2,14H2,1H3. The van der Waals surface area contributed by atoms with Crippen molar-refractivity contribution in [3.63, 3.8) is 0 Å². The van der Waals surface area contributed by atoms with Crippen LogP contribution in [0.5, 0.6) is 0 Å². The summed E-state index contributed by atoms with van der Waals surface area (Å²) >= 11 is 0. The van der Waals surface area contributed by atoms with Crippen molar-refractivity contribution in [3.8, 4) is 0 Å². The molecule has 0 aliphatic heterocycles. The molecule has 0 aliphatic rings. The van der Waals surface area contributed by atoms with Crippen molar-refractivity contribution in [2.75, 3.05) is 5.73 Å². The Morgan fingerprint density at radius 1 is 1.20 bits per heavy atom. The van der Waals surface area contributed by atoms with E-state index in [1.54, 1.807) is 12.1 Å². The van der Waals surface area contributed by atoms with E-state index >= 15 is 0 Å². The molecule has 2 aromatic rings. The maximum atomic E-state index is 11.8. The van der Waals surface area contributed by atoms with Gasteiger partial charge in [0.15, 0.2) is 5.43 Å². The van der Waals surface area contributed by atoms with Crippen molar-refractivity contribution < 1.29 is 0 Å². The van der Waals surface area contributed by atoms with Crippen LogP contribution < -0.4 is 11.2 Å². The van der Waals surface area contributed by atoms with Gasteiger partial charge in [-0.15, -0.1) is 0 Å². The summed E-state index contributed by atoms with van der Waals surface area (Å²) in [5.74, 6) is 0. The van der Waals surface area contributed by atoms with E-state index in [0.717, 1.165) is 17.4 Å². The molecule has 15 heavy (non-hydrogen) atoms. The molecule has 2 N–H and O–H groups in total. The van der Waals surface area contributed by atoms with Crippen LogP contribution in [0.15, 0.2) is 41.2 Å². The summed E-state index contributed by atoms with van der Waals surface area (Å²) in [4.78, 5) is 11.8. The molecule has 0 fully saturated rings. The maximum absolute atomic E-state index is 11.8. The number of nitrogens with two attached hydrogens (primary N) is 1. The normalized spacial score (nSPS) is 10.5. The average Bonchev–Trinajstić information content (AvgIpc) is 2.39. The quantitative estimate of drug-likeness (QED) is 0.716. The van der Waals surface area contributed by atoms with E-state index in [1.807, 2.05) is 24.3 Å². The second-order valence-electron chi connectivity index (χ2n) is 3.58. The van der Waals surface area contributed by atoms with Gasteiger partial charge in [0.25, 0.3) is 0 Å². The molecule has 0 heterocycles. The van der Waals surface area contributed by atoms with Gasteiger partial charge in [0.2, 0.25) is 0 Å². The lowest BCUT2D eigenvalue weighted by Crippen LogP contribution is -1.99. The number of hydrogen-bond acceptors (Lipinski definition) is 2. The second kappa shape index (κ2) is 3.73. The van der Waals surface area contributed by atoms with Gasteiger partial charge in [-0.2, -0.15) is 0 Å². The molecule has 0 aliphatic carbocycles. The third kappa shape index (κ3) is 1.71. The van der Waals surface area contributed by atoms with Gasteiger partial charge in [-0.25, -0.2) is 0 Å². The summed E-state index contributed by atoms with van der Waals surface area (Å²) in [6.45, 7) is 2.07. The van der Waals surface area contributed by atoms with Crippen LogP contribution in [0.1, 0.15) is 12.5 Å². The van der Waals surface area contributed by atoms with Gasteiger partial charge in [-0.1, -0.05) is 31.2 Å². The second-order valence-corrected chi connectivity index (χ2v) is 3.58. The Hall–Kier alpha value is -1.83. The number of fused-ring (bicyclic) bond motifs is 1. The number of nitrogen functional groups attached to an aromatic ring is 1. The fraction of sp³-hybridized carbons (Fsp3) is 0.154. The first-order chi connectivity index (χ1) is 7.22. The Labute approximate surface area is 88.4 Å². The largest absolute Gasteiger partial charge is 0.398 e. The van der Waals surface area contributed by atoms with E-state index in [0.29, 0.717) is 11.1 Å². The van der Waals surface area contributed by atoms with Crippen LogP contribution in [0.3, 0.4) is 0 Å². The van der Waals surface area contributed by atoms with E-state index in [-0.39, 0.29) is 5.43 Å². The Bertz CT molecular complexity index is 561. The van der Waals surface area contributed by atoms with Gasteiger partial charge < -0.3 is 5.73 Å². The highest BCUT2D eigenvalue weighted by Gasteiger charge is 2.00. The summed E-state index contributed by atoms with van der Waals surface area (Å²) in [5.41, 5.74) is 7.49. The summed E-state index contributed by atoms with van der Waals surface area (Å²) in [6, 6.07) is 11.0. The lowest BCUT2D eigenvalue weighted by atomic mass is 10.1. The highest BCUT2D eigenvalue weighted by Crippen LogP contribution is 2.17. The number of hydrogen-bond donors (Lipinski definition) is 1. The predicted molar refractivity (Wildman–Crippen MR) is 64.0 cm³/mol. The first-order valence-electron chi connectivity index (χ1n) is 5.04. The van der Waals surface area contributed by atoms with Crippen LogP contribution in [0, 0.1) is 0 Å². The summed E-state index contributed by atoms with van der Waals surface area (Å²) < 4.78 is 0. The highest BCUT2D eigenvalue weighted by molar-refractivity contribution is 5.92. The van der Waals surface area contributed by atoms with Gasteiger partial charge in [0.05, 0.1) is 5.39 Å². The monoisotopic (exact) mass is 199 g/mol. The molecule has 0 saturated carbocycles. The first kappa shape index (κ1) is 9.71. The lowest BCUT2D eigenvalue weighted by Gasteiger charge is -1.96. The maximum Gasteiger partial charge on any atom is 0.188 e. The van der Waals surface area contributed by atoms with E-state index < -0.39 is 0 Å². The van der Waals surface area contributed by atoms with Crippen molar-refractivity contribution in [1.29, 1.82) is 0 Å². The zero-order valence-electron chi connectivity index (χ0n) is 8.66. The zero-order valence-corrected chi connectivity index (χ0v) is 8.66. The first-order valence-corrected chi connectivity index (χ1v) is 5.04. The molecule has 76 valence electrons. The molecule has 0 amide bonds. The Morgan fingerprint density at radius 2 is 2.00 bits per heavy atom. The van der Waals surface area contributed by atoms with Crippen molar-refractivity contribution >= 4 is 16.5 Å². The van der Waals surface area contributed by atoms with Crippen LogP contribution >= 0.6 is 0 Å². The van der Waals surface area contributed by atoms with E-state index in [9.17, 15) is 4.79 Å². The molecule has 2 nitrogen and oxygen atoms in total. The van der Waals surface area contributed by atoms with Crippen LogP contribution in [-0.4, -0.2) is 0 Å². The van der Waals surface area contributed by atoms with Gasteiger partial charge >= 0.3 is 0 Å². The fourth-order valence-electron chi connectivity index (χ4n) is 1.73. The summed E-state index contributed by atoms with van der Waals surface area (Å²) in [5, 5.41) is 1.54. The molecule has 0 aromatic heterocycles. The molecule has 2 aromatic carbocycles. The predicted octanol–water partition coefficient (Wildman–Crippen LogP) is 2.34. The Kier molecular flexibility index (Phi) is 2.42. The van der Waals surface area contributed by atoms with Crippen molar-refractivity contribution in [3.05, 3.63) is 52.2 Å². The molecule has 0 atom stereocenters. The molecule has 0 radical (unpaired) electrons. The van der Waals surface area contributed by atoms with Gasteiger partial charge in [-0.05, 0) is 29.5 Å². The minimum absolute atomic E-state index is 0.0113. The molecule has 0 spiro atoms. The minimum Gasteiger partial charge on any atom is -0.398 e. The smallest absolute Gasteiger partial charge is 0.188 e. The van der Waals surface area contributed by atoms with E-state index in [1.165, 1.54) is 0 Å². The molecule has 2 rings (SSSR count). The summed E-state index contributed by atoms with van der Waals surface area (Å²) in [7, 11) is 0. The van der Waals surface area contributed by atoms with E-state index in [2.05, 4.69) is 6.92 Å². The van der Waals surface area contributed by atoms with Crippen LogP contribution in [-0.2, 0) is 6.42 Å². The molecule has 2 heteroatoms. The van der Waals surface area contributed by atoms with Crippen LogP contribution in [0.2, 0.25) is 0 Å². The molecule has 0 unspecified atom stereocenters. The Balaban J connectivity index is 2.97. The number of rotatable bonds is 1. The SMILES string of the molecule is CCc1ccc(=O)c2c(N)cccc2c1. The topological polar surface area (TPSA) is 43.1 Å². The molecule has 0 saturated heterocycles. The van der Waals surface area contributed by atoms with E-state index in [4.69, 9.17) is 5.73 Å². The van der Waals surface area contributed by atoms with Gasteiger partial charge in [0, 0.05) is 5.69 Å². The van der Waals surface area contributed by atoms with Gasteiger partial charge in [0.1, 0.15) is 0 Å². The Morgan fingerprint density at radius 3 is 2.73 bits per heavy atom. The number of aryl methyl sites for hydroxylation is 1. The number of anilines is 1. The van der Waals surface area contributed by atoms with Gasteiger partial charge in [-0.3, -0.25) is 4.79 Å². The summed E-state index contributed by atoms with van der Waals surface area (Å²) in [6.07, 6.45) is 0.915.